The topological polar surface area (TPSA) is 63.3 Å². The van der Waals surface area contributed by atoms with Gasteiger partial charge in [-0.15, -0.1) is 0 Å². The van der Waals surface area contributed by atoms with Gasteiger partial charge in [-0.05, 0) is 24.1 Å². The van der Waals surface area contributed by atoms with Crippen LogP contribution in [0.1, 0.15) is 5.56 Å². The van der Waals surface area contributed by atoms with Crippen LogP contribution in [0.5, 0.6) is 5.75 Å². The predicted octanol–water partition coefficient (Wildman–Crippen LogP) is 0.511. The first kappa shape index (κ1) is 9.67. The Morgan fingerprint density at radius 3 is 2.85 bits per heavy atom. The van der Waals surface area contributed by atoms with Gasteiger partial charge < -0.3 is 10.8 Å². The van der Waals surface area contributed by atoms with Crippen LogP contribution in [0.15, 0.2) is 18.2 Å². The molecule has 0 aromatic heterocycles. The summed E-state index contributed by atoms with van der Waals surface area (Å²) in [6.07, 6.45) is 1.81. The Morgan fingerprint density at radius 1 is 1.62 bits per heavy atom. The third kappa shape index (κ3) is 2.52. The molecule has 0 bridgehead atoms. The van der Waals surface area contributed by atoms with Crippen molar-refractivity contribution in [1.82, 2.24) is 0 Å². The number of phenols is 1. The van der Waals surface area contributed by atoms with E-state index in [1.165, 1.54) is 12.1 Å². The molecule has 0 spiro atoms. The molecule has 3 N–H and O–H groups in total. The van der Waals surface area contributed by atoms with E-state index in [1.54, 1.807) is 6.29 Å². The van der Waals surface area contributed by atoms with Crippen LogP contribution >= 0.6 is 0 Å². The first-order chi connectivity index (χ1) is 6.13. The van der Waals surface area contributed by atoms with Crippen molar-refractivity contribution in [1.29, 1.82) is 0 Å². The van der Waals surface area contributed by atoms with Gasteiger partial charge in [0, 0.05) is 0 Å². The largest absolute Gasteiger partial charge is 0.505 e. The number of aromatic hydroxyl groups is 1. The molecular weight excluding hydrogens is 173 g/mol. The Labute approximate surface area is 75.0 Å². The number of phenolic OH excluding ortho intramolecular Hbond substituents is 1. The fourth-order valence-corrected chi connectivity index (χ4v) is 0.973. The van der Waals surface area contributed by atoms with Crippen LogP contribution in [0, 0.1) is 5.82 Å². The highest BCUT2D eigenvalue weighted by atomic mass is 19.1. The maximum absolute atomic E-state index is 12.7. The van der Waals surface area contributed by atoms with Gasteiger partial charge in [0.25, 0.3) is 0 Å². The van der Waals surface area contributed by atoms with Gasteiger partial charge >= 0.3 is 0 Å². The summed E-state index contributed by atoms with van der Waals surface area (Å²) in [7, 11) is 0. The predicted molar refractivity (Wildman–Crippen MR) is 45.4 cm³/mol. The van der Waals surface area contributed by atoms with Crippen LogP contribution in [-0.4, -0.2) is 17.4 Å². The zero-order chi connectivity index (χ0) is 9.84. The summed E-state index contributed by atoms with van der Waals surface area (Å²) >= 11 is 0. The molecule has 3 nitrogen and oxygen atoms in total. The second kappa shape index (κ2) is 4.00. The van der Waals surface area contributed by atoms with Gasteiger partial charge in [0.1, 0.15) is 0 Å². The van der Waals surface area contributed by atoms with Crippen molar-refractivity contribution in [3.05, 3.63) is 29.6 Å². The number of hydrogen-bond donors (Lipinski definition) is 2. The number of carbonyl (C=O) groups excluding carboxylic acids is 1. The smallest absolute Gasteiger partial charge is 0.217 e. The van der Waals surface area contributed by atoms with Crippen molar-refractivity contribution in [2.24, 2.45) is 5.73 Å². The molecule has 1 rings (SSSR count). The van der Waals surface area contributed by atoms with Crippen molar-refractivity contribution in [2.75, 3.05) is 0 Å². The highest BCUT2D eigenvalue weighted by molar-refractivity contribution is 5.58. The van der Waals surface area contributed by atoms with Crippen molar-refractivity contribution < 1.29 is 14.3 Å². The minimum absolute atomic E-state index is 0.223. The lowest BCUT2D eigenvalue weighted by Gasteiger charge is -2.03. The quantitative estimate of drug-likeness (QED) is 0.715. The summed E-state index contributed by atoms with van der Waals surface area (Å²) in [5, 5.41) is 8.85. The lowest BCUT2D eigenvalue weighted by atomic mass is 10.1. The molecule has 4 heteroatoms. The van der Waals surface area contributed by atoms with Gasteiger partial charge in [0.2, 0.25) is 6.29 Å². The molecule has 0 aliphatic carbocycles. The van der Waals surface area contributed by atoms with E-state index in [2.05, 4.69) is 0 Å². The summed E-state index contributed by atoms with van der Waals surface area (Å²) < 4.78 is 12.7. The molecule has 0 saturated carbocycles. The van der Waals surface area contributed by atoms with Crippen molar-refractivity contribution >= 4 is 6.29 Å². The first-order valence-corrected chi connectivity index (χ1v) is 3.74. The van der Waals surface area contributed by atoms with Crippen LogP contribution in [0.25, 0.3) is 0 Å². The molecule has 1 aromatic carbocycles. The van der Waals surface area contributed by atoms with Gasteiger partial charge in [0.15, 0.2) is 11.6 Å². The molecule has 1 radical (unpaired) electrons. The Kier molecular flexibility index (Phi) is 2.97. The summed E-state index contributed by atoms with van der Waals surface area (Å²) in [5.74, 6) is -1.12. The van der Waals surface area contributed by atoms with Gasteiger partial charge in [-0.2, -0.15) is 0 Å². The van der Waals surface area contributed by atoms with Crippen LogP contribution in [0.3, 0.4) is 0 Å². The van der Waals surface area contributed by atoms with Gasteiger partial charge in [-0.25, -0.2) is 4.39 Å². The highest BCUT2D eigenvalue weighted by Crippen LogP contribution is 2.16. The maximum Gasteiger partial charge on any atom is 0.217 e. The van der Waals surface area contributed by atoms with Crippen LogP contribution in [0.4, 0.5) is 4.39 Å². The van der Waals surface area contributed by atoms with E-state index in [0.717, 1.165) is 6.07 Å². The molecule has 0 amide bonds. The standard InChI is InChI=1S/C9H9FNO2/c10-8-4-6(1-2-9(8)13)3-7(11)5-12/h1-2,4,7,13H,3,11H2/t7-/m0/s1. The van der Waals surface area contributed by atoms with Crippen LogP contribution < -0.4 is 5.73 Å². The normalized spacial score (nSPS) is 12.5. The van der Waals surface area contributed by atoms with Crippen LogP contribution in [0.2, 0.25) is 0 Å². The van der Waals surface area contributed by atoms with E-state index in [0.29, 0.717) is 5.56 Å². The van der Waals surface area contributed by atoms with Gasteiger partial charge in [-0.3, -0.25) is 4.79 Å². The second-order valence-electron chi connectivity index (χ2n) is 2.71. The summed E-state index contributed by atoms with van der Waals surface area (Å²) in [6, 6.07) is 3.13. The number of hydrogen-bond acceptors (Lipinski definition) is 3. The zero-order valence-corrected chi connectivity index (χ0v) is 6.83. The molecule has 69 valence electrons. The van der Waals surface area contributed by atoms with E-state index in [1.807, 2.05) is 0 Å². The Hall–Kier alpha value is -1.42. The van der Waals surface area contributed by atoms with Gasteiger partial charge in [-0.1, -0.05) is 6.07 Å². The lowest BCUT2D eigenvalue weighted by molar-refractivity contribution is 0.431. The average Bonchev–Trinajstić information content (AvgIpc) is 2.11. The number of nitrogens with two attached hydrogens (primary N) is 1. The van der Waals surface area contributed by atoms with Crippen molar-refractivity contribution in [2.45, 2.75) is 12.5 Å². The van der Waals surface area contributed by atoms with Crippen molar-refractivity contribution in [3.63, 3.8) is 0 Å². The molecule has 0 unspecified atom stereocenters. The Morgan fingerprint density at radius 2 is 2.31 bits per heavy atom. The Balaban J connectivity index is 2.79. The Bertz CT molecular complexity index is 314. The number of halogens is 1. The lowest BCUT2D eigenvalue weighted by Crippen LogP contribution is -2.23. The second-order valence-corrected chi connectivity index (χ2v) is 2.71. The number of benzene rings is 1. The SMILES string of the molecule is N[C@H]([C]=O)Cc1ccc(O)c(F)c1. The van der Waals surface area contributed by atoms with Crippen LogP contribution in [-0.2, 0) is 11.2 Å². The molecule has 0 aliphatic heterocycles. The molecule has 13 heavy (non-hydrogen) atoms. The summed E-state index contributed by atoms with van der Waals surface area (Å²) in [6.45, 7) is 0. The maximum atomic E-state index is 12.7. The van der Waals surface area contributed by atoms with E-state index < -0.39 is 17.6 Å². The number of rotatable bonds is 3. The average molecular weight is 182 g/mol. The minimum Gasteiger partial charge on any atom is -0.505 e. The highest BCUT2D eigenvalue weighted by Gasteiger charge is 2.06. The molecule has 0 saturated heterocycles. The van der Waals surface area contributed by atoms with E-state index >= 15 is 0 Å². The van der Waals surface area contributed by atoms with Gasteiger partial charge in [0.05, 0.1) is 6.04 Å². The zero-order valence-electron chi connectivity index (χ0n) is 6.83. The third-order valence-corrected chi connectivity index (χ3v) is 1.62. The monoisotopic (exact) mass is 182 g/mol. The van der Waals surface area contributed by atoms with Crippen molar-refractivity contribution in [3.8, 4) is 5.75 Å². The van der Waals surface area contributed by atoms with E-state index in [9.17, 15) is 9.18 Å². The fourth-order valence-electron chi connectivity index (χ4n) is 0.973. The van der Waals surface area contributed by atoms with E-state index in [4.69, 9.17) is 10.8 Å². The third-order valence-electron chi connectivity index (χ3n) is 1.62. The molecule has 1 aromatic rings. The molecular formula is C9H9FNO2. The molecule has 0 fully saturated rings. The van der Waals surface area contributed by atoms with E-state index in [-0.39, 0.29) is 6.42 Å². The minimum atomic E-state index is -0.746. The summed E-state index contributed by atoms with van der Waals surface area (Å²) in [4.78, 5) is 10.1. The summed E-state index contributed by atoms with van der Waals surface area (Å²) in [5.41, 5.74) is 5.85. The molecule has 0 heterocycles. The molecule has 0 aliphatic rings. The fraction of sp³-hybridized carbons (Fsp3) is 0.222. The molecule has 1 atom stereocenters. The first-order valence-electron chi connectivity index (χ1n) is 3.74.